The van der Waals surface area contributed by atoms with E-state index in [0.717, 1.165) is 17.0 Å². The van der Waals surface area contributed by atoms with Crippen molar-refractivity contribution in [3.8, 4) is 5.75 Å². The minimum atomic E-state index is 0.0583. The van der Waals surface area contributed by atoms with Crippen LogP contribution in [0.4, 0.5) is 0 Å². The molecule has 0 atom stereocenters. The van der Waals surface area contributed by atoms with E-state index >= 15 is 0 Å². The first-order chi connectivity index (χ1) is 11.1. The molecule has 0 saturated heterocycles. The van der Waals surface area contributed by atoms with Crippen molar-refractivity contribution in [2.45, 2.75) is 52.5 Å². The molecule has 0 N–H and O–H groups in total. The van der Waals surface area contributed by atoms with Gasteiger partial charge in [-0.15, -0.1) is 0 Å². The van der Waals surface area contributed by atoms with Gasteiger partial charge in [0, 0.05) is 23.0 Å². The van der Waals surface area contributed by atoms with E-state index in [4.69, 9.17) is 4.74 Å². The minimum Gasteiger partial charge on any atom is -0.485 e. The molecule has 1 saturated carbocycles. The molecule has 23 heavy (non-hydrogen) atoms. The molecule has 2 aromatic rings. The van der Waals surface area contributed by atoms with Crippen LogP contribution in [0.2, 0.25) is 0 Å². The molecule has 0 unspecified atom stereocenters. The van der Waals surface area contributed by atoms with Gasteiger partial charge in [-0.3, -0.25) is 4.79 Å². The molecule has 0 radical (unpaired) electrons. The highest BCUT2D eigenvalue weighted by atomic mass is 16.5. The third kappa shape index (κ3) is 3.34. The zero-order valence-electron chi connectivity index (χ0n) is 14.3. The van der Waals surface area contributed by atoms with Gasteiger partial charge in [-0.25, -0.2) is 0 Å². The SMILES string of the molecule is Cc1ccc(OCC(=O)c2cc(C)n(C3CCCC3)c2C)cc1. The lowest BCUT2D eigenvalue weighted by Crippen LogP contribution is -2.14. The number of hydrogen-bond donors (Lipinski definition) is 0. The number of carbonyl (C=O) groups excluding carboxylic acids is 1. The van der Waals surface area contributed by atoms with Crippen LogP contribution < -0.4 is 4.74 Å². The molecule has 1 aliphatic carbocycles. The van der Waals surface area contributed by atoms with E-state index in [1.165, 1.54) is 36.9 Å². The summed E-state index contributed by atoms with van der Waals surface area (Å²) >= 11 is 0. The Hall–Kier alpha value is -2.03. The molecule has 1 aliphatic rings. The fourth-order valence-electron chi connectivity index (χ4n) is 3.64. The smallest absolute Gasteiger partial charge is 0.202 e. The molecule has 1 fully saturated rings. The van der Waals surface area contributed by atoms with Crippen molar-refractivity contribution < 1.29 is 9.53 Å². The van der Waals surface area contributed by atoms with Crippen LogP contribution in [0.1, 0.15) is 59.0 Å². The maximum atomic E-state index is 12.5. The number of hydrogen-bond acceptors (Lipinski definition) is 2. The molecule has 0 spiro atoms. The van der Waals surface area contributed by atoms with E-state index in [0.29, 0.717) is 6.04 Å². The highest BCUT2D eigenvalue weighted by Gasteiger charge is 2.23. The van der Waals surface area contributed by atoms with E-state index in [9.17, 15) is 4.79 Å². The van der Waals surface area contributed by atoms with Gasteiger partial charge >= 0.3 is 0 Å². The van der Waals surface area contributed by atoms with Crippen molar-refractivity contribution >= 4 is 5.78 Å². The predicted octanol–water partition coefficient (Wildman–Crippen LogP) is 4.79. The molecule has 0 bridgehead atoms. The molecule has 3 rings (SSSR count). The molecular weight excluding hydrogens is 286 g/mol. The number of benzene rings is 1. The minimum absolute atomic E-state index is 0.0583. The maximum absolute atomic E-state index is 12.5. The molecule has 1 heterocycles. The lowest BCUT2D eigenvalue weighted by Gasteiger charge is -2.17. The number of rotatable bonds is 5. The largest absolute Gasteiger partial charge is 0.485 e. The standard InChI is InChI=1S/C20H25NO2/c1-14-8-10-18(11-9-14)23-13-20(22)19-12-15(2)21(16(19)3)17-6-4-5-7-17/h8-12,17H,4-7,13H2,1-3H3. The Labute approximate surface area is 138 Å². The number of aryl methyl sites for hydroxylation is 2. The van der Waals surface area contributed by atoms with Gasteiger partial charge in [0.05, 0.1) is 0 Å². The molecule has 122 valence electrons. The molecule has 0 aliphatic heterocycles. The second-order valence-corrected chi connectivity index (χ2v) is 6.62. The summed E-state index contributed by atoms with van der Waals surface area (Å²) in [4.78, 5) is 12.5. The van der Waals surface area contributed by atoms with E-state index in [2.05, 4.69) is 18.4 Å². The quantitative estimate of drug-likeness (QED) is 0.743. The Bertz CT molecular complexity index is 691. The van der Waals surface area contributed by atoms with E-state index < -0.39 is 0 Å². The first-order valence-electron chi connectivity index (χ1n) is 8.47. The number of ketones is 1. The number of nitrogens with zero attached hydrogens (tertiary/aromatic N) is 1. The van der Waals surface area contributed by atoms with E-state index in [-0.39, 0.29) is 12.4 Å². The third-order valence-corrected chi connectivity index (χ3v) is 4.87. The molecule has 3 heteroatoms. The lowest BCUT2D eigenvalue weighted by molar-refractivity contribution is 0.0920. The van der Waals surface area contributed by atoms with Crippen LogP contribution in [0, 0.1) is 20.8 Å². The summed E-state index contributed by atoms with van der Waals surface area (Å²) in [5, 5.41) is 0. The van der Waals surface area contributed by atoms with Gasteiger partial charge in [-0.05, 0) is 51.8 Å². The normalized spacial score (nSPS) is 15.1. The summed E-state index contributed by atoms with van der Waals surface area (Å²) in [6.45, 7) is 6.29. The van der Waals surface area contributed by atoms with Gasteiger partial charge in [0.1, 0.15) is 5.75 Å². The number of Topliss-reactive ketones (excluding diaryl/α,β-unsaturated/α-hetero) is 1. The summed E-state index contributed by atoms with van der Waals surface area (Å²) in [5.41, 5.74) is 4.27. The van der Waals surface area contributed by atoms with Crippen molar-refractivity contribution in [2.24, 2.45) is 0 Å². The number of aromatic nitrogens is 1. The van der Waals surface area contributed by atoms with Gasteiger partial charge in [-0.1, -0.05) is 30.5 Å². The zero-order valence-corrected chi connectivity index (χ0v) is 14.3. The monoisotopic (exact) mass is 311 g/mol. The van der Waals surface area contributed by atoms with Gasteiger partial charge < -0.3 is 9.30 Å². The van der Waals surface area contributed by atoms with Crippen LogP contribution >= 0.6 is 0 Å². The molecule has 3 nitrogen and oxygen atoms in total. The maximum Gasteiger partial charge on any atom is 0.202 e. The average Bonchev–Trinajstić information content (AvgIpc) is 3.14. The van der Waals surface area contributed by atoms with Gasteiger partial charge in [0.25, 0.3) is 0 Å². The van der Waals surface area contributed by atoms with Gasteiger partial charge in [0.15, 0.2) is 6.61 Å². The summed E-state index contributed by atoms with van der Waals surface area (Å²) in [7, 11) is 0. The van der Waals surface area contributed by atoms with E-state index in [1.807, 2.05) is 37.3 Å². The fourth-order valence-corrected chi connectivity index (χ4v) is 3.64. The Morgan fingerprint density at radius 2 is 1.78 bits per heavy atom. The van der Waals surface area contributed by atoms with Gasteiger partial charge in [0.2, 0.25) is 5.78 Å². The highest BCUT2D eigenvalue weighted by molar-refractivity contribution is 5.98. The second kappa shape index (κ2) is 6.61. The van der Waals surface area contributed by atoms with Crippen LogP contribution in [0.3, 0.4) is 0 Å². The fraction of sp³-hybridized carbons (Fsp3) is 0.450. The van der Waals surface area contributed by atoms with Gasteiger partial charge in [-0.2, -0.15) is 0 Å². The molecule has 1 aromatic heterocycles. The molecular formula is C20H25NO2. The Kier molecular flexibility index (Phi) is 4.56. The first kappa shape index (κ1) is 15.9. The summed E-state index contributed by atoms with van der Waals surface area (Å²) < 4.78 is 8.00. The van der Waals surface area contributed by atoms with Crippen molar-refractivity contribution in [1.82, 2.24) is 4.57 Å². The Balaban J connectivity index is 1.72. The van der Waals surface area contributed by atoms with Crippen molar-refractivity contribution in [2.75, 3.05) is 6.61 Å². The first-order valence-corrected chi connectivity index (χ1v) is 8.47. The average molecular weight is 311 g/mol. The highest BCUT2D eigenvalue weighted by Crippen LogP contribution is 2.33. The molecule has 1 aromatic carbocycles. The summed E-state index contributed by atoms with van der Waals surface area (Å²) in [6, 6.07) is 10.4. The topological polar surface area (TPSA) is 31.2 Å². The van der Waals surface area contributed by atoms with E-state index in [1.54, 1.807) is 0 Å². The Morgan fingerprint density at radius 3 is 2.43 bits per heavy atom. The predicted molar refractivity (Wildman–Crippen MR) is 92.4 cm³/mol. The van der Waals surface area contributed by atoms with Crippen molar-refractivity contribution in [3.63, 3.8) is 0 Å². The van der Waals surface area contributed by atoms with Crippen LogP contribution in [0.25, 0.3) is 0 Å². The Morgan fingerprint density at radius 1 is 1.13 bits per heavy atom. The van der Waals surface area contributed by atoms with Crippen LogP contribution in [0.15, 0.2) is 30.3 Å². The van der Waals surface area contributed by atoms with Crippen LogP contribution in [-0.4, -0.2) is 17.0 Å². The van der Waals surface area contributed by atoms with Crippen molar-refractivity contribution in [3.05, 3.63) is 52.8 Å². The summed E-state index contributed by atoms with van der Waals surface area (Å²) in [6.07, 6.45) is 5.04. The van der Waals surface area contributed by atoms with Crippen molar-refractivity contribution in [1.29, 1.82) is 0 Å². The lowest BCUT2D eigenvalue weighted by atomic mass is 10.1. The van der Waals surface area contributed by atoms with Crippen LogP contribution in [0.5, 0.6) is 5.75 Å². The third-order valence-electron chi connectivity index (χ3n) is 4.87. The number of carbonyl (C=O) groups is 1. The second-order valence-electron chi connectivity index (χ2n) is 6.62. The van der Waals surface area contributed by atoms with Crippen LogP contribution in [-0.2, 0) is 0 Å². The summed E-state index contributed by atoms with van der Waals surface area (Å²) in [5.74, 6) is 0.802. The molecule has 0 amide bonds. The zero-order chi connectivity index (χ0) is 16.4. The number of ether oxygens (including phenoxy) is 1.